The first-order chi connectivity index (χ1) is 7.96. The third kappa shape index (κ3) is 5.39. The van der Waals surface area contributed by atoms with Crippen LogP contribution in [0.4, 0.5) is 0 Å². The maximum atomic E-state index is 3.67. The summed E-state index contributed by atoms with van der Waals surface area (Å²) in [6.07, 6.45) is 5.39. The van der Waals surface area contributed by atoms with Crippen LogP contribution in [-0.2, 0) is 0 Å². The van der Waals surface area contributed by atoms with Gasteiger partial charge in [-0.3, -0.25) is 4.90 Å². The lowest BCUT2D eigenvalue weighted by molar-refractivity contribution is 0.202. The quantitative estimate of drug-likeness (QED) is 0.766. The third-order valence-electron chi connectivity index (χ3n) is 3.90. The maximum absolute atomic E-state index is 3.67. The van der Waals surface area contributed by atoms with Gasteiger partial charge in [-0.15, -0.1) is 0 Å². The Morgan fingerprint density at radius 2 is 2.00 bits per heavy atom. The van der Waals surface area contributed by atoms with Crippen molar-refractivity contribution in [3.63, 3.8) is 0 Å². The molecular formula is C15H32N2. The van der Waals surface area contributed by atoms with E-state index in [1.807, 2.05) is 0 Å². The van der Waals surface area contributed by atoms with E-state index in [4.69, 9.17) is 0 Å². The molecule has 1 N–H and O–H groups in total. The molecule has 0 saturated carbocycles. The number of likely N-dealkylation sites (tertiary alicyclic amines) is 1. The molecule has 2 atom stereocenters. The van der Waals surface area contributed by atoms with Crippen LogP contribution in [0.25, 0.3) is 0 Å². The van der Waals surface area contributed by atoms with Crippen LogP contribution in [0.1, 0.15) is 60.3 Å². The molecule has 0 bridgehead atoms. The molecule has 1 aliphatic rings. The summed E-state index contributed by atoms with van der Waals surface area (Å²) < 4.78 is 0. The molecular weight excluding hydrogens is 208 g/mol. The summed E-state index contributed by atoms with van der Waals surface area (Å²) in [6.45, 7) is 15.2. The van der Waals surface area contributed by atoms with Crippen LogP contribution in [0.3, 0.4) is 0 Å². The van der Waals surface area contributed by atoms with E-state index in [2.05, 4.69) is 44.8 Å². The molecule has 0 amide bonds. The summed E-state index contributed by atoms with van der Waals surface area (Å²) in [6, 6.07) is 0.746. The summed E-state index contributed by atoms with van der Waals surface area (Å²) in [5, 5.41) is 3.67. The Morgan fingerprint density at radius 1 is 1.29 bits per heavy atom. The molecule has 2 nitrogen and oxygen atoms in total. The van der Waals surface area contributed by atoms with Crippen molar-refractivity contribution in [3.05, 3.63) is 0 Å². The normalized spacial score (nSPS) is 24.2. The van der Waals surface area contributed by atoms with Crippen molar-refractivity contribution in [2.24, 2.45) is 5.92 Å². The first kappa shape index (κ1) is 15.0. The van der Waals surface area contributed by atoms with Crippen molar-refractivity contribution >= 4 is 0 Å². The van der Waals surface area contributed by atoms with Crippen LogP contribution < -0.4 is 5.32 Å². The minimum absolute atomic E-state index is 0.246. The van der Waals surface area contributed by atoms with E-state index in [0.29, 0.717) is 0 Å². The second-order valence-electron chi connectivity index (χ2n) is 6.63. The minimum Gasteiger partial charge on any atom is -0.311 e. The average molecular weight is 240 g/mol. The molecule has 1 fully saturated rings. The molecule has 0 spiro atoms. The number of rotatable bonds is 6. The van der Waals surface area contributed by atoms with E-state index in [9.17, 15) is 0 Å². The fourth-order valence-electron chi connectivity index (χ4n) is 2.70. The molecule has 102 valence electrons. The van der Waals surface area contributed by atoms with Gasteiger partial charge in [-0.25, -0.2) is 0 Å². The van der Waals surface area contributed by atoms with Crippen LogP contribution in [0, 0.1) is 5.92 Å². The molecule has 0 aromatic heterocycles. The van der Waals surface area contributed by atoms with Gasteiger partial charge in [0.2, 0.25) is 0 Å². The predicted octanol–water partition coefficient (Wildman–Crippen LogP) is 3.28. The Labute approximate surface area is 108 Å². The summed E-state index contributed by atoms with van der Waals surface area (Å²) in [7, 11) is 0. The highest BCUT2D eigenvalue weighted by atomic mass is 15.2. The second-order valence-corrected chi connectivity index (χ2v) is 6.63. The Balaban J connectivity index is 2.42. The lowest BCUT2D eigenvalue weighted by Gasteiger charge is -2.31. The molecule has 1 heterocycles. The van der Waals surface area contributed by atoms with E-state index in [0.717, 1.165) is 18.5 Å². The zero-order valence-electron chi connectivity index (χ0n) is 12.6. The first-order valence-electron chi connectivity index (χ1n) is 7.45. The molecule has 0 aromatic rings. The fraction of sp³-hybridized carbons (Fsp3) is 1.00. The molecule has 1 saturated heterocycles. The standard InChI is InChI=1S/C15H32N2/c1-6-8-14(11-16-15(3,4)5)17-10-9-13(7-2)12-17/h13-14,16H,6-12H2,1-5H3. The van der Waals surface area contributed by atoms with Crippen molar-refractivity contribution in [2.45, 2.75) is 71.9 Å². The van der Waals surface area contributed by atoms with Gasteiger partial charge < -0.3 is 5.32 Å². The minimum atomic E-state index is 0.246. The Hall–Kier alpha value is -0.0800. The highest BCUT2D eigenvalue weighted by Gasteiger charge is 2.27. The van der Waals surface area contributed by atoms with Crippen LogP contribution in [-0.4, -0.2) is 36.1 Å². The average Bonchev–Trinajstić information content (AvgIpc) is 2.71. The Morgan fingerprint density at radius 3 is 2.47 bits per heavy atom. The molecule has 2 heteroatoms. The summed E-state index contributed by atoms with van der Waals surface area (Å²) in [5.74, 6) is 0.948. The number of hydrogen-bond acceptors (Lipinski definition) is 2. The molecule has 0 aromatic carbocycles. The number of nitrogens with zero attached hydrogens (tertiary/aromatic N) is 1. The van der Waals surface area contributed by atoms with E-state index in [1.165, 1.54) is 38.8 Å². The number of hydrogen-bond donors (Lipinski definition) is 1. The summed E-state index contributed by atoms with van der Waals surface area (Å²) >= 11 is 0. The van der Waals surface area contributed by atoms with Gasteiger partial charge in [-0.1, -0.05) is 26.7 Å². The SMILES string of the molecule is CCCC(CNC(C)(C)C)N1CCC(CC)C1. The predicted molar refractivity (Wildman–Crippen MR) is 76.4 cm³/mol. The summed E-state index contributed by atoms with van der Waals surface area (Å²) in [4.78, 5) is 2.72. The highest BCUT2D eigenvalue weighted by molar-refractivity contribution is 4.84. The number of nitrogens with one attached hydrogen (secondary N) is 1. The van der Waals surface area contributed by atoms with E-state index in [-0.39, 0.29) is 5.54 Å². The Kier molecular flexibility index (Phi) is 5.94. The summed E-state index contributed by atoms with van der Waals surface area (Å²) in [5.41, 5.74) is 0.246. The highest BCUT2D eigenvalue weighted by Crippen LogP contribution is 2.22. The van der Waals surface area contributed by atoms with Gasteiger partial charge in [-0.05, 0) is 46.1 Å². The van der Waals surface area contributed by atoms with Gasteiger partial charge in [0, 0.05) is 24.7 Å². The molecule has 0 aliphatic carbocycles. The van der Waals surface area contributed by atoms with E-state index >= 15 is 0 Å². The first-order valence-corrected chi connectivity index (χ1v) is 7.45. The van der Waals surface area contributed by atoms with Gasteiger partial charge in [0.1, 0.15) is 0 Å². The molecule has 1 aliphatic heterocycles. The lowest BCUT2D eigenvalue weighted by Crippen LogP contribution is -2.47. The van der Waals surface area contributed by atoms with Crippen molar-refractivity contribution < 1.29 is 0 Å². The van der Waals surface area contributed by atoms with Gasteiger partial charge >= 0.3 is 0 Å². The van der Waals surface area contributed by atoms with Crippen molar-refractivity contribution in [2.75, 3.05) is 19.6 Å². The van der Waals surface area contributed by atoms with Crippen LogP contribution >= 0.6 is 0 Å². The largest absolute Gasteiger partial charge is 0.311 e. The van der Waals surface area contributed by atoms with Gasteiger partial charge in [0.05, 0.1) is 0 Å². The van der Waals surface area contributed by atoms with Crippen LogP contribution in [0.15, 0.2) is 0 Å². The maximum Gasteiger partial charge on any atom is 0.0220 e. The van der Waals surface area contributed by atoms with Crippen molar-refractivity contribution in [3.8, 4) is 0 Å². The third-order valence-corrected chi connectivity index (χ3v) is 3.90. The van der Waals surface area contributed by atoms with Gasteiger partial charge in [0.25, 0.3) is 0 Å². The molecule has 0 radical (unpaired) electrons. The van der Waals surface area contributed by atoms with Crippen LogP contribution in [0.5, 0.6) is 0 Å². The monoisotopic (exact) mass is 240 g/mol. The molecule has 2 unspecified atom stereocenters. The lowest BCUT2D eigenvalue weighted by atomic mass is 10.1. The zero-order chi connectivity index (χ0) is 12.9. The van der Waals surface area contributed by atoms with E-state index < -0.39 is 0 Å². The van der Waals surface area contributed by atoms with Gasteiger partial charge in [0.15, 0.2) is 0 Å². The van der Waals surface area contributed by atoms with E-state index in [1.54, 1.807) is 0 Å². The van der Waals surface area contributed by atoms with Crippen molar-refractivity contribution in [1.82, 2.24) is 10.2 Å². The molecule has 17 heavy (non-hydrogen) atoms. The van der Waals surface area contributed by atoms with Crippen molar-refractivity contribution in [1.29, 1.82) is 0 Å². The topological polar surface area (TPSA) is 15.3 Å². The fourth-order valence-corrected chi connectivity index (χ4v) is 2.70. The van der Waals surface area contributed by atoms with Crippen LogP contribution in [0.2, 0.25) is 0 Å². The smallest absolute Gasteiger partial charge is 0.0220 e. The Bertz CT molecular complexity index is 207. The van der Waals surface area contributed by atoms with Gasteiger partial charge in [-0.2, -0.15) is 0 Å². The second kappa shape index (κ2) is 6.75. The molecule has 1 rings (SSSR count). The zero-order valence-corrected chi connectivity index (χ0v) is 12.6.